The van der Waals surface area contributed by atoms with E-state index in [-0.39, 0.29) is 19.1 Å². The summed E-state index contributed by atoms with van der Waals surface area (Å²) < 4.78 is 21.6. The van der Waals surface area contributed by atoms with Crippen LogP contribution in [-0.2, 0) is 16.1 Å². The molecule has 9 heteroatoms. The molecule has 0 aliphatic heterocycles. The summed E-state index contributed by atoms with van der Waals surface area (Å²) in [6, 6.07) is 9.05. The molecule has 1 N–H and O–H groups in total. The molecule has 8 nitrogen and oxygen atoms in total. The summed E-state index contributed by atoms with van der Waals surface area (Å²) in [5.74, 6) is 0.696. The van der Waals surface area contributed by atoms with E-state index in [2.05, 4.69) is 9.97 Å². The lowest BCUT2D eigenvalue weighted by Crippen LogP contribution is -2.12. The Morgan fingerprint density at radius 3 is 2.80 bits per heavy atom. The smallest absolute Gasteiger partial charge is 0.446 e. The van der Waals surface area contributed by atoms with E-state index in [4.69, 9.17) is 18.9 Å². The van der Waals surface area contributed by atoms with Gasteiger partial charge in [0.05, 0.1) is 46.3 Å². The van der Waals surface area contributed by atoms with Crippen LogP contribution < -0.4 is 9.47 Å². The third kappa shape index (κ3) is 3.72. The number of pyridine rings is 1. The van der Waals surface area contributed by atoms with Crippen LogP contribution in [-0.4, -0.2) is 36.1 Å². The van der Waals surface area contributed by atoms with Gasteiger partial charge in [-0.1, -0.05) is 17.4 Å². The van der Waals surface area contributed by atoms with Gasteiger partial charge in [-0.15, -0.1) is 0 Å². The van der Waals surface area contributed by atoms with Gasteiger partial charge in [-0.2, -0.15) is 0 Å². The van der Waals surface area contributed by atoms with Crippen molar-refractivity contribution >= 4 is 45.6 Å². The van der Waals surface area contributed by atoms with Gasteiger partial charge in [0.1, 0.15) is 5.75 Å². The summed E-state index contributed by atoms with van der Waals surface area (Å²) in [5, 5.41) is 2.14. The molecule has 0 fully saturated rings. The Bertz CT molecular complexity index is 1230. The molecule has 4 aromatic rings. The molecule has 0 saturated carbocycles. The van der Waals surface area contributed by atoms with Gasteiger partial charge < -0.3 is 23.9 Å². The number of nitrogens with zero attached hydrogens (tertiary/aromatic N) is 1. The molecule has 0 saturated heterocycles. The van der Waals surface area contributed by atoms with Gasteiger partial charge >= 0.3 is 6.16 Å². The number of aldehydes is 1. The maximum absolute atomic E-state index is 11.9. The molecule has 0 aliphatic carbocycles. The van der Waals surface area contributed by atoms with Crippen LogP contribution in [0.25, 0.3) is 21.8 Å². The summed E-state index contributed by atoms with van der Waals surface area (Å²) in [4.78, 5) is 31.0. The van der Waals surface area contributed by atoms with E-state index < -0.39 is 6.16 Å². The Kier molecular flexibility index (Phi) is 5.64. The predicted molar refractivity (Wildman–Crippen MR) is 112 cm³/mol. The zero-order chi connectivity index (χ0) is 21.1. The molecule has 0 atom stereocenters. The number of methoxy groups -OCH3 is 1. The van der Waals surface area contributed by atoms with E-state index in [0.717, 1.165) is 28.1 Å². The lowest BCUT2D eigenvalue weighted by Gasteiger charge is -2.11. The number of thiophene rings is 1. The minimum absolute atomic E-state index is 0.109. The van der Waals surface area contributed by atoms with Gasteiger partial charge in [-0.05, 0) is 31.2 Å². The Labute approximate surface area is 175 Å². The van der Waals surface area contributed by atoms with Gasteiger partial charge in [-0.3, -0.25) is 4.79 Å². The highest BCUT2D eigenvalue weighted by Gasteiger charge is 2.20. The number of hydrogen-bond donors (Lipinski definition) is 1. The van der Waals surface area contributed by atoms with Crippen molar-refractivity contribution in [2.75, 3.05) is 13.7 Å². The van der Waals surface area contributed by atoms with Crippen molar-refractivity contribution in [3.63, 3.8) is 0 Å². The van der Waals surface area contributed by atoms with Crippen molar-refractivity contribution in [3.8, 4) is 16.7 Å². The number of carbonyl (C=O) groups excluding carboxylic acids is 2. The molecule has 1 aromatic carbocycles. The number of aromatic amines is 1. The van der Waals surface area contributed by atoms with Gasteiger partial charge in [0.25, 0.3) is 0 Å². The number of hydrogen-bond acceptors (Lipinski definition) is 8. The largest absolute Gasteiger partial charge is 0.515 e. The maximum Gasteiger partial charge on any atom is 0.515 e. The van der Waals surface area contributed by atoms with Crippen LogP contribution in [0.5, 0.6) is 16.7 Å². The molecule has 0 radical (unpaired) electrons. The first kappa shape index (κ1) is 19.9. The molecular weight excluding hydrogens is 408 g/mol. The molecular formula is C21H18N2O6S. The summed E-state index contributed by atoms with van der Waals surface area (Å²) in [5.41, 5.74) is 2.15. The first-order valence-electron chi connectivity index (χ1n) is 9.13. The van der Waals surface area contributed by atoms with Crippen LogP contribution in [0.1, 0.15) is 22.2 Å². The normalized spacial score (nSPS) is 11.0. The number of aromatic nitrogens is 2. The number of fused-ring (bicyclic) bond motifs is 3. The lowest BCUT2D eigenvalue weighted by molar-refractivity contribution is 0.101. The number of carbonyl (C=O) groups is 2. The summed E-state index contributed by atoms with van der Waals surface area (Å²) in [7, 11) is 1.55. The van der Waals surface area contributed by atoms with Crippen LogP contribution in [0.4, 0.5) is 4.79 Å². The third-order valence-electron chi connectivity index (χ3n) is 4.35. The van der Waals surface area contributed by atoms with Gasteiger partial charge in [-0.25, -0.2) is 9.78 Å². The van der Waals surface area contributed by atoms with E-state index in [0.29, 0.717) is 21.3 Å². The fourth-order valence-electron chi connectivity index (χ4n) is 3.19. The standard InChI is InChI=1S/C21H18N2O6S/c1-3-27-21(25)29-20-13(11-26-2)18-15(9-22-20)23-14-5-4-6-16(19(14)18)28-17-8-7-12(10-24)30-17/h4-10,23H,3,11H2,1-2H3. The molecule has 3 aromatic heterocycles. The van der Waals surface area contributed by atoms with E-state index in [1.807, 2.05) is 18.2 Å². The highest BCUT2D eigenvalue weighted by atomic mass is 32.1. The average molecular weight is 426 g/mol. The molecule has 30 heavy (non-hydrogen) atoms. The second-order valence-electron chi connectivity index (χ2n) is 6.23. The fraction of sp³-hybridized carbons (Fsp3) is 0.190. The lowest BCUT2D eigenvalue weighted by atomic mass is 10.1. The zero-order valence-electron chi connectivity index (χ0n) is 16.3. The Morgan fingerprint density at radius 1 is 1.20 bits per heavy atom. The molecule has 0 spiro atoms. The van der Waals surface area contributed by atoms with Crippen molar-refractivity contribution < 1.29 is 28.5 Å². The molecule has 154 valence electrons. The first-order chi connectivity index (χ1) is 14.6. The third-order valence-corrected chi connectivity index (χ3v) is 5.23. The Balaban J connectivity index is 1.88. The van der Waals surface area contributed by atoms with Crippen molar-refractivity contribution in [1.82, 2.24) is 9.97 Å². The summed E-state index contributed by atoms with van der Waals surface area (Å²) in [6.07, 6.45) is 1.53. The highest BCUT2D eigenvalue weighted by Crippen LogP contribution is 2.40. The summed E-state index contributed by atoms with van der Waals surface area (Å²) >= 11 is 1.25. The van der Waals surface area contributed by atoms with E-state index in [1.54, 1.807) is 32.4 Å². The van der Waals surface area contributed by atoms with Crippen LogP contribution in [0, 0.1) is 0 Å². The molecule has 0 unspecified atom stereocenters. The second-order valence-corrected chi connectivity index (χ2v) is 7.31. The van der Waals surface area contributed by atoms with Gasteiger partial charge in [0.15, 0.2) is 11.3 Å². The van der Waals surface area contributed by atoms with Crippen molar-refractivity contribution in [2.45, 2.75) is 13.5 Å². The molecule has 3 heterocycles. The number of benzene rings is 1. The number of nitrogens with one attached hydrogen (secondary N) is 1. The Hall–Kier alpha value is -3.43. The van der Waals surface area contributed by atoms with Crippen molar-refractivity contribution in [3.05, 3.63) is 47.0 Å². The number of H-pyrrole nitrogens is 1. The predicted octanol–water partition coefficient (Wildman–Crippen LogP) is 5.06. The number of ether oxygens (including phenoxy) is 4. The van der Waals surface area contributed by atoms with Gasteiger partial charge in [0.2, 0.25) is 5.88 Å². The average Bonchev–Trinajstić information content (AvgIpc) is 3.34. The number of rotatable bonds is 7. The topological polar surface area (TPSA) is 99.7 Å². The van der Waals surface area contributed by atoms with Gasteiger partial charge in [0, 0.05) is 12.5 Å². The molecule has 0 amide bonds. The monoisotopic (exact) mass is 426 g/mol. The van der Waals surface area contributed by atoms with Crippen molar-refractivity contribution in [2.24, 2.45) is 0 Å². The van der Waals surface area contributed by atoms with E-state index in [1.165, 1.54) is 11.3 Å². The zero-order valence-corrected chi connectivity index (χ0v) is 17.1. The second kappa shape index (κ2) is 8.52. The van der Waals surface area contributed by atoms with E-state index in [9.17, 15) is 9.59 Å². The molecule has 0 aliphatic rings. The van der Waals surface area contributed by atoms with Crippen LogP contribution in [0.3, 0.4) is 0 Å². The van der Waals surface area contributed by atoms with Crippen molar-refractivity contribution in [1.29, 1.82) is 0 Å². The molecule has 4 rings (SSSR count). The Morgan fingerprint density at radius 2 is 2.07 bits per heavy atom. The fourth-order valence-corrected chi connectivity index (χ4v) is 3.88. The SMILES string of the molecule is CCOC(=O)Oc1ncc2[nH]c3cccc(Oc4ccc(C=O)s4)c3c2c1COC. The molecule has 0 bridgehead atoms. The van der Waals surface area contributed by atoms with Crippen LogP contribution in [0.2, 0.25) is 0 Å². The minimum atomic E-state index is -0.835. The van der Waals surface area contributed by atoms with Crippen LogP contribution >= 0.6 is 11.3 Å². The quantitative estimate of drug-likeness (QED) is 0.325. The maximum atomic E-state index is 11.9. The minimum Gasteiger partial charge on any atom is -0.446 e. The highest BCUT2D eigenvalue weighted by molar-refractivity contribution is 7.15. The van der Waals surface area contributed by atoms with E-state index >= 15 is 0 Å². The summed E-state index contributed by atoms with van der Waals surface area (Å²) in [6.45, 7) is 2.04. The first-order valence-corrected chi connectivity index (χ1v) is 9.95. The van der Waals surface area contributed by atoms with Crippen LogP contribution in [0.15, 0.2) is 36.5 Å².